The number of hydrogen-bond donors (Lipinski definition) is 0. The van der Waals surface area contributed by atoms with Crippen molar-refractivity contribution in [3.8, 4) is 0 Å². The fourth-order valence-electron chi connectivity index (χ4n) is 3.23. The van der Waals surface area contributed by atoms with Crippen molar-refractivity contribution in [2.75, 3.05) is 33.4 Å². The lowest BCUT2D eigenvalue weighted by molar-refractivity contribution is -0.0769. The quantitative estimate of drug-likeness (QED) is 0.611. The summed E-state index contributed by atoms with van der Waals surface area (Å²) in [7, 11) is 1.65. The molecular weight excluding hydrogens is 389 g/mol. The SMILES string of the molecule is COCCOC1(c2ccc(Cl)c(Cl)c2)CCCN(C(=O)OC(C)(C)C)CC1. The average Bonchev–Trinajstić information content (AvgIpc) is 2.80. The van der Waals surface area contributed by atoms with Gasteiger partial charge in [0, 0.05) is 20.2 Å². The molecule has 0 saturated carbocycles. The Kier molecular flexibility index (Phi) is 7.81. The van der Waals surface area contributed by atoms with Crippen LogP contribution in [0.25, 0.3) is 0 Å². The summed E-state index contributed by atoms with van der Waals surface area (Å²) in [6.07, 6.45) is 1.93. The Bertz CT molecular complexity index is 647. The number of rotatable bonds is 5. The summed E-state index contributed by atoms with van der Waals surface area (Å²) in [5.41, 5.74) is -0.0816. The molecular formula is C20H29Cl2NO4. The van der Waals surface area contributed by atoms with Crippen molar-refractivity contribution in [3.05, 3.63) is 33.8 Å². The van der Waals surface area contributed by atoms with Gasteiger partial charge in [0.25, 0.3) is 0 Å². The first-order valence-corrected chi connectivity index (χ1v) is 9.99. The lowest BCUT2D eigenvalue weighted by Crippen LogP contribution is -2.38. The van der Waals surface area contributed by atoms with Gasteiger partial charge in [0.15, 0.2) is 0 Å². The Morgan fingerprint density at radius 3 is 2.52 bits per heavy atom. The number of carbonyl (C=O) groups excluding carboxylic acids is 1. The standard InChI is InChI=1S/C20H29Cl2NO4/c1-19(2,3)27-18(24)23-10-5-8-20(9-11-23,26-13-12-25-4)15-6-7-16(21)17(22)14-15/h6-7,14H,5,8-13H2,1-4H3. The van der Waals surface area contributed by atoms with Gasteiger partial charge in [-0.15, -0.1) is 0 Å². The molecule has 0 spiro atoms. The Labute approximate surface area is 171 Å². The normalized spacial score (nSPS) is 21.0. The zero-order valence-electron chi connectivity index (χ0n) is 16.5. The van der Waals surface area contributed by atoms with E-state index < -0.39 is 11.2 Å². The number of methoxy groups -OCH3 is 1. The molecule has 1 aliphatic heterocycles. The summed E-state index contributed by atoms with van der Waals surface area (Å²) in [6.45, 7) is 7.75. The molecule has 0 aromatic heterocycles. The van der Waals surface area contributed by atoms with Crippen LogP contribution >= 0.6 is 23.2 Å². The molecule has 0 radical (unpaired) electrons. The van der Waals surface area contributed by atoms with Crippen molar-refractivity contribution >= 4 is 29.3 Å². The number of amides is 1. The molecule has 1 aromatic rings. The van der Waals surface area contributed by atoms with Gasteiger partial charge in [0.1, 0.15) is 5.60 Å². The van der Waals surface area contributed by atoms with Gasteiger partial charge in [-0.25, -0.2) is 4.79 Å². The van der Waals surface area contributed by atoms with E-state index >= 15 is 0 Å². The molecule has 0 bridgehead atoms. The van der Waals surface area contributed by atoms with E-state index in [4.69, 9.17) is 37.4 Å². The molecule has 1 fully saturated rings. The second-order valence-electron chi connectivity index (χ2n) is 7.79. The number of nitrogens with zero attached hydrogens (tertiary/aromatic N) is 1. The van der Waals surface area contributed by atoms with Crippen LogP contribution in [0, 0.1) is 0 Å². The molecule has 27 heavy (non-hydrogen) atoms. The van der Waals surface area contributed by atoms with Crippen molar-refractivity contribution in [1.29, 1.82) is 0 Å². The molecule has 1 unspecified atom stereocenters. The van der Waals surface area contributed by atoms with Crippen LogP contribution < -0.4 is 0 Å². The Hall–Kier alpha value is -1.01. The van der Waals surface area contributed by atoms with Gasteiger partial charge >= 0.3 is 6.09 Å². The third-order valence-electron chi connectivity index (χ3n) is 4.56. The first kappa shape index (κ1) is 22.3. The third kappa shape index (κ3) is 6.24. The molecule has 0 N–H and O–H groups in total. The number of ether oxygens (including phenoxy) is 3. The largest absolute Gasteiger partial charge is 0.444 e. The predicted octanol–water partition coefficient (Wildman–Crippen LogP) is 5.27. The fraction of sp³-hybridized carbons (Fsp3) is 0.650. The average molecular weight is 418 g/mol. The lowest BCUT2D eigenvalue weighted by atomic mass is 9.86. The molecule has 7 heteroatoms. The summed E-state index contributed by atoms with van der Waals surface area (Å²) < 4.78 is 17.0. The number of hydrogen-bond acceptors (Lipinski definition) is 4. The van der Waals surface area contributed by atoms with E-state index in [1.54, 1.807) is 18.1 Å². The van der Waals surface area contributed by atoms with E-state index in [0.29, 0.717) is 42.8 Å². The van der Waals surface area contributed by atoms with Crippen LogP contribution in [0.15, 0.2) is 18.2 Å². The minimum atomic E-state index is -0.538. The minimum Gasteiger partial charge on any atom is -0.444 e. The monoisotopic (exact) mass is 417 g/mol. The van der Waals surface area contributed by atoms with Gasteiger partial charge in [-0.3, -0.25) is 0 Å². The smallest absolute Gasteiger partial charge is 0.410 e. The maximum absolute atomic E-state index is 12.5. The van der Waals surface area contributed by atoms with E-state index in [2.05, 4.69) is 0 Å². The van der Waals surface area contributed by atoms with Crippen LogP contribution in [0.4, 0.5) is 4.79 Å². The van der Waals surface area contributed by atoms with Crippen LogP contribution in [0.1, 0.15) is 45.6 Å². The molecule has 2 rings (SSSR count). The van der Waals surface area contributed by atoms with Gasteiger partial charge in [-0.05, 0) is 57.7 Å². The third-order valence-corrected chi connectivity index (χ3v) is 5.30. The van der Waals surface area contributed by atoms with Crippen molar-refractivity contribution in [3.63, 3.8) is 0 Å². The van der Waals surface area contributed by atoms with Crippen LogP contribution in [0.2, 0.25) is 10.0 Å². The molecule has 5 nitrogen and oxygen atoms in total. The molecule has 1 heterocycles. The van der Waals surface area contributed by atoms with Crippen LogP contribution in [0.5, 0.6) is 0 Å². The van der Waals surface area contributed by atoms with Crippen LogP contribution in [0.3, 0.4) is 0 Å². The van der Waals surface area contributed by atoms with Gasteiger partial charge in [0.05, 0.1) is 28.9 Å². The summed E-state index contributed by atoms with van der Waals surface area (Å²) in [4.78, 5) is 14.2. The molecule has 1 atom stereocenters. The summed E-state index contributed by atoms with van der Waals surface area (Å²) in [6, 6.07) is 5.60. The van der Waals surface area contributed by atoms with Crippen molar-refractivity contribution in [1.82, 2.24) is 4.90 Å². The van der Waals surface area contributed by atoms with E-state index in [0.717, 1.165) is 18.4 Å². The Morgan fingerprint density at radius 2 is 1.89 bits per heavy atom. The second kappa shape index (κ2) is 9.46. The highest BCUT2D eigenvalue weighted by molar-refractivity contribution is 6.42. The Balaban J connectivity index is 2.21. The van der Waals surface area contributed by atoms with Crippen molar-refractivity contribution in [2.45, 2.75) is 51.2 Å². The number of likely N-dealkylation sites (tertiary alicyclic amines) is 1. The van der Waals surface area contributed by atoms with Gasteiger partial charge in [0.2, 0.25) is 0 Å². The zero-order chi connectivity index (χ0) is 20.1. The van der Waals surface area contributed by atoms with Crippen LogP contribution in [-0.4, -0.2) is 50.0 Å². The second-order valence-corrected chi connectivity index (χ2v) is 8.60. The minimum absolute atomic E-state index is 0.288. The van der Waals surface area contributed by atoms with Gasteiger partial charge in [-0.1, -0.05) is 29.3 Å². The first-order chi connectivity index (χ1) is 12.7. The number of benzene rings is 1. The highest BCUT2D eigenvalue weighted by atomic mass is 35.5. The van der Waals surface area contributed by atoms with E-state index in [1.807, 2.05) is 32.9 Å². The van der Waals surface area contributed by atoms with E-state index in [9.17, 15) is 4.79 Å². The predicted molar refractivity (Wildman–Crippen MR) is 108 cm³/mol. The number of halogens is 2. The maximum Gasteiger partial charge on any atom is 0.410 e. The number of carbonyl (C=O) groups is 1. The van der Waals surface area contributed by atoms with Gasteiger partial charge in [-0.2, -0.15) is 0 Å². The molecule has 1 aliphatic rings. The first-order valence-electron chi connectivity index (χ1n) is 9.23. The zero-order valence-corrected chi connectivity index (χ0v) is 18.0. The fourth-order valence-corrected chi connectivity index (χ4v) is 3.53. The topological polar surface area (TPSA) is 48.0 Å². The molecule has 152 valence electrons. The van der Waals surface area contributed by atoms with E-state index in [1.165, 1.54) is 0 Å². The van der Waals surface area contributed by atoms with Crippen molar-refractivity contribution < 1.29 is 19.0 Å². The van der Waals surface area contributed by atoms with Gasteiger partial charge < -0.3 is 19.1 Å². The summed E-state index contributed by atoms with van der Waals surface area (Å²) >= 11 is 12.3. The molecule has 0 aliphatic carbocycles. The van der Waals surface area contributed by atoms with E-state index in [-0.39, 0.29) is 6.09 Å². The Morgan fingerprint density at radius 1 is 1.15 bits per heavy atom. The van der Waals surface area contributed by atoms with Crippen LogP contribution in [-0.2, 0) is 19.8 Å². The lowest BCUT2D eigenvalue weighted by Gasteiger charge is -2.34. The summed E-state index contributed by atoms with van der Waals surface area (Å²) in [5, 5.41) is 1.01. The molecule has 1 aromatic carbocycles. The summed E-state index contributed by atoms with van der Waals surface area (Å²) in [5.74, 6) is 0. The molecule has 1 saturated heterocycles. The maximum atomic E-state index is 12.5. The molecule has 1 amide bonds. The van der Waals surface area contributed by atoms with Crippen molar-refractivity contribution in [2.24, 2.45) is 0 Å². The highest BCUT2D eigenvalue weighted by Crippen LogP contribution is 2.39. The highest BCUT2D eigenvalue weighted by Gasteiger charge is 2.37.